The summed E-state index contributed by atoms with van der Waals surface area (Å²) in [4.78, 5) is 10.5. The average molecular weight is 183 g/mol. The van der Waals surface area contributed by atoms with Crippen LogP contribution in [0.4, 0.5) is 10.5 Å². The minimum Gasteiger partial charge on any atom is -0.463 e. The molecule has 0 bridgehead atoms. The molecule has 1 rings (SSSR count). The number of carboxylic acid groups (broad SMARTS) is 1. The van der Waals surface area contributed by atoms with Gasteiger partial charge in [-0.3, -0.25) is 0 Å². The molecule has 1 aromatic rings. The Bertz CT molecular complexity index is 336. The van der Waals surface area contributed by atoms with Crippen LogP contribution in [0.2, 0.25) is 0 Å². The number of rotatable bonds is 0. The van der Waals surface area contributed by atoms with Crippen molar-refractivity contribution in [2.75, 3.05) is 5.73 Å². The lowest BCUT2D eigenvalue weighted by molar-refractivity contribution is 0.192. The predicted octanol–water partition coefficient (Wildman–Crippen LogP) is 1.29. The van der Waals surface area contributed by atoms with E-state index in [0.29, 0.717) is 11.4 Å². The minimum atomic E-state index is -1.12. The molecular weight excluding hydrogens is 170 g/mol. The second-order valence-electron chi connectivity index (χ2n) is 3.91. The Kier molecular flexibility index (Phi) is 2.03. The largest absolute Gasteiger partial charge is 0.463 e. The highest BCUT2D eigenvalue weighted by Crippen LogP contribution is 2.25. The third-order valence-corrected chi connectivity index (χ3v) is 1.65. The number of carbonyl (C=O) groups is 1. The van der Waals surface area contributed by atoms with Crippen molar-refractivity contribution >= 4 is 11.8 Å². The maximum absolute atomic E-state index is 10.5. The Morgan fingerprint density at radius 1 is 1.62 bits per heavy atom. The maximum Gasteiger partial charge on any atom is 0.432 e. The van der Waals surface area contributed by atoms with Gasteiger partial charge in [0, 0.05) is 5.41 Å². The molecule has 3 N–H and O–H groups in total. The highest BCUT2D eigenvalue weighted by molar-refractivity contribution is 5.68. The van der Waals surface area contributed by atoms with Gasteiger partial charge in [0.1, 0.15) is 0 Å². The Labute approximate surface area is 76.2 Å². The van der Waals surface area contributed by atoms with Crippen molar-refractivity contribution in [3.05, 3.63) is 11.9 Å². The zero-order valence-corrected chi connectivity index (χ0v) is 7.90. The van der Waals surface area contributed by atoms with Crippen molar-refractivity contribution < 1.29 is 9.90 Å². The normalized spacial score (nSPS) is 11.6. The highest BCUT2D eigenvalue weighted by Gasteiger charge is 2.22. The number of nitrogen functional groups attached to an aromatic ring is 1. The summed E-state index contributed by atoms with van der Waals surface area (Å²) in [5, 5.41) is 12.5. The smallest absolute Gasteiger partial charge is 0.432 e. The van der Waals surface area contributed by atoms with Crippen molar-refractivity contribution in [1.82, 2.24) is 9.78 Å². The van der Waals surface area contributed by atoms with Crippen LogP contribution in [0.5, 0.6) is 0 Å². The molecule has 1 aromatic heterocycles. The van der Waals surface area contributed by atoms with Crippen molar-refractivity contribution in [1.29, 1.82) is 0 Å². The van der Waals surface area contributed by atoms with E-state index in [0.717, 1.165) is 4.68 Å². The predicted molar refractivity (Wildman–Crippen MR) is 48.8 cm³/mol. The van der Waals surface area contributed by atoms with Crippen molar-refractivity contribution in [2.24, 2.45) is 0 Å². The summed E-state index contributed by atoms with van der Waals surface area (Å²) in [6.07, 6.45) is 0.185. The van der Waals surface area contributed by atoms with E-state index >= 15 is 0 Å². The van der Waals surface area contributed by atoms with E-state index in [-0.39, 0.29) is 5.41 Å². The van der Waals surface area contributed by atoms with Gasteiger partial charge in [-0.2, -0.15) is 9.78 Å². The molecule has 0 saturated carbocycles. The fraction of sp³-hybridized carbons (Fsp3) is 0.500. The number of hydrogen-bond donors (Lipinski definition) is 2. The standard InChI is InChI=1S/C8H13N3O2/c1-8(2,3)6-5(9)4-11(10-6)7(12)13/h4H,9H2,1-3H3,(H,12,13). The molecule has 5 heteroatoms. The fourth-order valence-corrected chi connectivity index (χ4v) is 1.07. The van der Waals surface area contributed by atoms with E-state index in [1.165, 1.54) is 6.20 Å². The first-order valence-corrected chi connectivity index (χ1v) is 3.91. The first-order chi connectivity index (χ1) is 5.82. The van der Waals surface area contributed by atoms with Gasteiger partial charge < -0.3 is 10.8 Å². The van der Waals surface area contributed by atoms with E-state index in [4.69, 9.17) is 10.8 Å². The average Bonchev–Trinajstić information content (AvgIpc) is 2.29. The summed E-state index contributed by atoms with van der Waals surface area (Å²) < 4.78 is 0.829. The van der Waals surface area contributed by atoms with Gasteiger partial charge in [0.05, 0.1) is 17.6 Å². The van der Waals surface area contributed by atoms with Crippen molar-refractivity contribution in [3.8, 4) is 0 Å². The molecule has 0 saturated heterocycles. The second kappa shape index (κ2) is 2.76. The summed E-state index contributed by atoms with van der Waals surface area (Å²) >= 11 is 0. The molecule has 72 valence electrons. The Morgan fingerprint density at radius 2 is 2.15 bits per heavy atom. The van der Waals surface area contributed by atoms with E-state index in [1.807, 2.05) is 20.8 Å². The van der Waals surface area contributed by atoms with Crippen LogP contribution in [-0.2, 0) is 5.41 Å². The lowest BCUT2D eigenvalue weighted by atomic mass is 9.92. The first-order valence-electron chi connectivity index (χ1n) is 3.91. The Morgan fingerprint density at radius 3 is 2.38 bits per heavy atom. The van der Waals surface area contributed by atoms with Crippen LogP contribution in [0.25, 0.3) is 0 Å². The summed E-state index contributed by atoms with van der Waals surface area (Å²) in [6, 6.07) is 0. The number of nitrogens with two attached hydrogens (primary N) is 1. The molecule has 1 heterocycles. The monoisotopic (exact) mass is 183 g/mol. The topological polar surface area (TPSA) is 81.1 Å². The molecule has 0 aromatic carbocycles. The lowest BCUT2D eigenvalue weighted by Gasteiger charge is -2.15. The van der Waals surface area contributed by atoms with Gasteiger partial charge in [-0.05, 0) is 0 Å². The number of aromatic nitrogens is 2. The van der Waals surface area contributed by atoms with Crippen LogP contribution in [-0.4, -0.2) is 21.0 Å². The van der Waals surface area contributed by atoms with E-state index in [1.54, 1.807) is 0 Å². The van der Waals surface area contributed by atoms with E-state index in [2.05, 4.69) is 5.10 Å². The molecule has 0 fully saturated rings. The van der Waals surface area contributed by atoms with Gasteiger partial charge in [0.15, 0.2) is 0 Å². The van der Waals surface area contributed by atoms with Gasteiger partial charge in [-0.15, -0.1) is 0 Å². The second-order valence-corrected chi connectivity index (χ2v) is 3.91. The van der Waals surface area contributed by atoms with Crippen LogP contribution < -0.4 is 5.73 Å². The summed E-state index contributed by atoms with van der Waals surface area (Å²) in [5.41, 5.74) is 6.41. The zero-order chi connectivity index (χ0) is 10.2. The molecule has 13 heavy (non-hydrogen) atoms. The summed E-state index contributed by atoms with van der Waals surface area (Å²) in [7, 11) is 0. The zero-order valence-electron chi connectivity index (χ0n) is 7.90. The van der Waals surface area contributed by atoms with Gasteiger partial charge in [0.2, 0.25) is 0 Å². The number of nitrogens with zero attached hydrogens (tertiary/aromatic N) is 2. The Hall–Kier alpha value is -1.52. The van der Waals surface area contributed by atoms with Gasteiger partial charge in [-0.25, -0.2) is 4.79 Å². The highest BCUT2D eigenvalue weighted by atomic mass is 16.4. The summed E-state index contributed by atoms with van der Waals surface area (Å²) in [6.45, 7) is 5.79. The lowest BCUT2D eigenvalue weighted by Crippen LogP contribution is -2.16. The van der Waals surface area contributed by atoms with Crippen molar-refractivity contribution in [2.45, 2.75) is 26.2 Å². The Balaban J connectivity index is 3.18. The maximum atomic E-state index is 10.5. The molecule has 0 aliphatic heterocycles. The SMILES string of the molecule is CC(C)(C)c1nn(C(=O)O)cc1N. The van der Waals surface area contributed by atoms with Crippen LogP contribution >= 0.6 is 0 Å². The molecule has 0 spiro atoms. The third-order valence-electron chi connectivity index (χ3n) is 1.65. The van der Waals surface area contributed by atoms with Crippen LogP contribution in [0.1, 0.15) is 26.5 Å². The molecular formula is C8H13N3O2. The van der Waals surface area contributed by atoms with Gasteiger partial charge in [0.25, 0.3) is 0 Å². The van der Waals surface area contributed by atoms with Gasteiger partial charge in [-0.1, -0.05) is 20.8 Å². The molecule has 0 unspecified atom stereocenters. The molecule has 0 amide bonds. The number of hydrogen-bond acceptors (Lipinski definition) is 3. The van der Waals surface area contributed by atoms with E-state index < -0.39 is 6.09 Å². The molecule has 0 atom stereocenters. The first kappa shape index (κ1) is 9.57. The van der Waals surface area contributed by atoms with Crippen LogP contribution in [0.3, 0.4) is 0 Å². The van der Waals surface area contributed by atoms with Crippen LogP contribution in [0, 0.1) is 0 Å². The minimum absolute atomic E-state index is 0.231. The van der Waals surface area contributed by atoms with Crippen LogP contribution in [0.15, 0.2) is 6.20 Å². The molecule has 0 aliphatic rings. The van der Waals surface area contributed by atoms with Crippen molar-refractivity contribution in [3.63, 3.8) is 0 Å². The summed E-state index contributed by atoms with van der Waals surface area (Å²) in [5.74, 6) is 0. The quantitative estimate of drug-likeness (QED) is 0.635. The van der Waals surface area contributed by atoms with E-state index in [9.17, 15) is 4.79 Å². The fourth-order valence-electron chi connectivity index (χ4n) is 1.07. The molecule has 0 radical (unpaired) electrons. The molecule has 5 nitrogen and oxygen atoms in total. The molecule has 0 aliphatic carbocycles. The number of anilines is 1. The third kappa shape index (κ3) is 1.80. The van der Waals surface area contributed by atoms with Gasteiger partial charge >= 0.3 is 6.09 Å².